The summed E-state index contributed by atoms with van der Waals surface area (Å²) in [6, 6.07) is 11.6. The molecule has 0 saturated carbocycles. The van der Waals surface area contributed by atoms with Gasteiger partial charge in [-0.3, -0.25) is 34.1 Å². The maximum atomic E-state index is 13.8. The molecule has 3 atom stereocenters. The van der Waals surface area contributed by atoms with Crippen LogP contribution in [0.4, 0.5) is 0 Å². The molecule has 5 amide bonds. The topological polar surface area (TPSA) is 211 Å². The van der Waals surface area contributed by atoms with Gasteiger partial charge in [0, 0.05) is 25.8 Å². The van der Waals surface area contributed by atoms with Crippen molar-refractivity contribution in [2.75, 3.05) is 26.0 Å². The third-order valence-corrected chi connectivity index (χ3v) is 8.09. The molecule has 2 aromatic rings. The first kappa shape index (κ1) is 39.5. The van der Waals surface area contributed by atoms with Gasteiger partial charge in [0.15, 0.2) is 0 Å². The minimum Gasteiger partial charge on any atom is -0.748 e. The van der Waals surface area contributed by atoms with Gasteiger partial charge in [0.2, 0.25) is 17.7 Å². The number of hydrogen-bond acceptors (Lipinski definition) is 10. The number of hydroxylamine groups is 1. The number of ether oxygens (including phenoxy) is 1. The number of carbonyl (C=O) groups is 5. The summed E-state index contributed by atoms with van der Waals surface area (Å²) in [7, 11) is -2.94. The summed E-state index contributed by atoms with van der Waals surface area (Å²) in [6.45, 7) is 3.17. The van der Waals surface area contributed by atoms with E-state index >= 15 is 0 Å². The third kappa shape index (κ3) is 10.9. The second-order valence-electron chi connectivity index (χ2n) is 11.1. The fraction of sp³-hybridized carbons (Fsp3) is 0.433. The number of nitrogens with zero attached hydrogens (tertiary/aromatic N) is 1. The first-order valence-electron chi connectivity index (χ1n) is 14.3. The Balaban J connectivity index is 0.00000736. The second-order valence-corrected chi connectivity index (χ2v) is 12.6. The molecule has 16 heteroatoms. The van der Waals surface area contributed by atoms with Crippen LogP contribution in [0.5, 0.6) is 5.75 Å². The van der Waals surface area contributed by atoms with E-state index in [9.17, 15) is 42.2 Å². The number of imide groups is 1. The molecular formula is C30H37KN4O10S. The van der Waals surface area contributed by atoms with Gasteiger partial charge >= 0.3 is 51.4 Å². The Morgan fingerprint density at radius 2 is 1.52 bits per heavy atom. The molecule has 0 fully saturated rings. The molecule has 0 saturated heterocycles. The van der Waals surface area contributed by atoms with Crippen molar-refractivity contribution in [1.29, 1.82) is 0 Å². The summed E-state index contributed by atoms with van der Waals surface area (Å²) in [6.07, 6.45) is 0.204. The van der Waals surface area contributed by atoms with Crippen molar-refractivity contribution in [3.05, 3.63) is 65.2 Å². The van der Waals surface area contributed by atoms with Gasteiger partial charge < -0.3 is 19.9 Å². The van der Waals surface area contributed by atoms with Gasteiger partial charge in [-0.25, -0.2) is 13.9 Å². The summed E-state index contributed by atoms with van der Waals surface area (Å²) in [5, 5.41) is 14.7. The van der Waals surface area contributed by atoms with Crippen molar-refractivity contribution in [1.82, 2.24) is 21.0 Å². The van der Waals surface area contributed by atoms with Crippen molar-refractivity contribution >= 4 is 39.7 Å². The second kappa shape index (κ2) is 18.0. The molecule has 244 valence electrons. The van der Waals surface area contributed by atoms with E-state index in [1.165, 1.54) is 19.2 Å². The van der Waals surface area contributed by atoms with Crippen LogP contribution in [-0.2, 0) is 30.9 Å². The first-order chi connectivity index (χ1) is 21.2. The number of fused-ring (bicyclic) bond motifs is 1. The van der Waals surface area contributed by atoms with Gasteiger partial charge in [0.05, 0.1) is 39.7 Å². The predicted octanol–water partition coefficient (Wildman–Crippen LogP) is -2.14. The number of carbonyl (C=O) groups excluding carboxylic acids is 5. The zero-order valence-electron chi connectivity index (χ0n) is 26.1. The van der Waals surface area contributed by atoms with Crippen LogP contribution in [0.3, 0.4) is 0 Å². The van der Waals surface area contributed by atoms with Crippen molar-refractivity contribution in [3.8, 4) is 5.75 Å². The zero-order chi connectivity index (χ0) is 33.3. The van der Waals surface area contributed by atoms with Crippen molar-refractivity contribution in [3.63, 3.8) is 0 Å². The molecule has 14 nitrogen and oxygen atoms in total. The molecular weight excluding hydrogens is 648 g/mol. The van der Waals surface area contributed by atoms with Gasteiger partial charge in [-0.05, 0) is 48.6 Å². The molecule has 2 aromatic carbocycles. The number of benzene rings is 2. The van der Waals surface area contributed by atoms with Crippen LogP contribution >= 0.6 is 0 Å². The minimum atomic E-state index is -4.34. The summed E-state index contributed by atoms with van der Waals surface area (Å²) >= 11 is 0. The molecule has 1 unspecified atom stereocenters. The predicted molar refractivity (Wildman–Crippen MR) is 159 cm³/mol. The summed E-state index contributed by atoms with van der Waals surface area (Å²) in [5.41, 5.74) is 2.52. The van der Waals surface area contributed by atoms with Gasteiger partial charge in [-0.2, -0.15) is 0 Å². The minimum absolute atomic E-state index is 0. The van der Waals surface area contributed by atoms with E-state index in [0.717, 1.165) is 4.90 Å². The zero-order valence-corrected chi connectivity index (χ0v) is 30.1. The number of nitrogens with one attached hydrogen (secondary N) is 3. The van der Waals surface area contributed by atoms with Crippen LogP contribution in [-0.4, -0.2) is 84.6 Å². The fourth-order valence-electron chi connectivity index (χ4n) is 5.08. The van der Waals surface area contributed by atoms with E-state index in [-0.39, 0.29) is 94.3 Å². The standard InChI is InChI=1S/C30H38N4O10S.K/c1-18(2)15-23(24(27(36)33-40)17-34-29(38)21-7-4-5-8-22(21)30(34)39)26(35)32-25(28(37)31-3)16-19-9-11-20(12-10-19)44-13-6-14-45(41,42)43;/h4-5,7-12,18,23-25,40H,6,13-17H2,1-3H3,(H,31,37)(H,32,35)(H,33,36)(H,41,42,43);/q;+1/p-1/t23-,24?,25+;/m1./s1. The van der Waals surface area contributed by atoms with Gasteiger partial charge in [-0.1, -0.05) is 38.1 Å². The monoisotopic (exact) mass is 684 g/mol. The maximum Gasteiger partial charge on any atom is 1.00 e. The Morgan fingerprint density at radius 3 is 2.02 bits per heavy atom. The molecule has 0 spiro atoms. The smallest absolute Gasteiger partial charge is 0.748 e. The largest absolute Gasteiger partial charge is 1.00 e. The van der Waals surface area contributed by atoms with E-state index in [1.807, 2.05) is 13.8 Å². The van der Waals surface area contributed by atoms with E-state index in [2.05, 4.69) is 10.6 Å². The normalized spacial score (nSPS) is 14.5. The number of rotatable bonds is 16. The Kier molecular flexibility index (Phi) is 15.5. The van der Waals surface area contributed by atoms with Crippen LogP contribution in [0.1, 0.15) is 53.0 Å². The van der Waals surface area contributed by atoms with Gasteiger partial charge in [-0.15, -0.1) is 0 Å². The first-order valence-corrected chi connectivity index (χ1v) is 15.9. The average Bonchev–Trinajstić information content (AvgIpc) is 3.24. The fourth-order valence-corrected chi connectivity index (χ4v) is 5.56. The van der Waals surface area contributed by atoms with Gasteiger partial charge in [0.1, 0.15) is 11.8 Å². The van der Waals surface area contributed by atoms with Crippen LogP contribution in [0.25, 0.3) is 0 Å². The summed E-state index contributed by atoms with van der Waals surface area (Å²) in [5.74, 6) is -6.16. The quantitative estimate of drug-likeness (QED) is 0.0376. The van der Waals surface area contributed by atoms with Crippen LogP contribution < -0.4 is 72.2 Å². The number of amides is 5. The van der Waals surface area contributed by atoms with Crippen LogP contribution in [0.15, 0.2) is 48.5 Å². The SMILES string of the molecule is CNC(=O)[C@H](Cc1ccc(OCCCS(=O)(=O)[O-])cc1)NC(=O)[C@H](CC(C)C)C(CN1C(=O)c2ccccc2C1=O)C(=O)NO.[K+]. The van der Waals surface area contributed by atoms with Crippen LogP contribution in [0, 0.1) is 17.8 Å². The van der Waals surface area contributed by atoms with E-state index < -0.39 is 69.8 Å². The number of likely N-dealkylation sites (N-methyl/N-ethyl adjacent to an activating group) is 1. The summed E-state index contributed by atoms with van der Waals surface area (Å²) in [4.78, 5) is 66.5. The molecule has 1 aliphatic rings. The average molecular weight is 685 g/mol. The summed E-state index contributed by atoms with van der Waals surface area (Å²) < 4.78 is 37.7. The Bertz CT molecular complexity index is 1480. The maximum absolute atomic E-state index is 13.8. The van der Waals surface area contributed by atoms with Crippen molar-refractivity contribution in [2.45, 2.75) is 39.2 Å². The molecule has 0 aromatic heterocycles. The van der Waals surface area contributed by atoms with Gasteiger partial charge in [0.25, 0.3) is 11.8 Å². The third-order valence-electron chi connectivity index (χ3n) is 7.30. The molecule has 1 aliphatic heterocycles. The Labute approximate surface area is 310 Å². The molecule has 46 heavy (non-hydrogen) atoms. The van der Waals surface area contributed by atoms with Crippen molar-refractivity contribution < 1.29 is 98.3 Å². The Morgan fingerprint density at radius 1 is 0.935 bits per heavy atom. The van der Waals surface area contributed by atoms with Crippen molar-refractivity contribution in [2.24, 2.45) is 17.8 Å². The molecule has 0 bridgehead atoms. The molecule has 0 radical (unpaired) electrons. The van der Waals surface area contributed by atoms with E-state index in [1.54, 1.807) is 41.9 Å². The van der Waals surface area contributed by atoms with E-state index in [4.69, 9.17) is 4.74 Å². The van der Waals surface area contributed by atoms with E-state index in [0.29, 0.717) is 11.3 Å². The Hall–Kier alpha value is -2.70. The molecule has 1 heterocycles. The van der Waals surface area contributed by atoms with Crippen LogP contribution in [0.2, 0.25) is 0 Å². The molecule has 4 N–H and O–H groups in total. The molecule has 3 rings (SSSR count). The molecule has 0 aliphatic carbocycles. The number of hydrogen-bond donors (Lipinski definition) is 4.